The Morgan fingerprint density at radius 1 is 1.10 bits per heavy atom. The maximum atomic E-state index is 12.7. The van der Waals surface area contributed by atoms with Gasteiger partial charge in [-0.05, 0) is 36.3 Å². The Balaban J connectivity index is 1.58. The van der Waals surface area contributed by atoms with Crippen LogP contribution in [-0.4, -0.2) is 58.9 Å². The molecule has 3 amide bonds. The van der Waals surface area contributed by atoms with Gasteiger partial charge in [0, 0.05) is 43.5 Å². The van der Waals surface area contributed by atoms with Gasteiger partial charge in [-0.15, -0.1) is 0 Å². The number of nitrogens with zero attached hydrogens (tertiary/aromatic N) is 3. The molecule has 152 valence electrons. The minimum atomic E-state index is -0.397. The number of amides is 3. The zero-order chi connectivity index (χ0) is 21.0. The molecule has 1 aliphatic heterocycles. The maximum Gasteiger partial charge on any atom is 0.294 e. The van der Waals surface area contributed by atoms with Gasteiger partial charge in [-0.1, -0.05) is 25.6 Å². The highest BCUT2D eigenvalue weighted by molar-refractivity contribution is 6.02. The third-order valence-electron chi connectivity index (χ3n) is 4.79. The molecule has 0 atom stereocenters. The van der Waals surface area contributed by atoms with Crippen molar-refractivity contribution in [3.05, 3.63) is 60.0 Å². The van der Waals surface area contributed by atoms with E-state index >= 15 is 0 Å². The van der Waals surface area contributed by atoms with E-state index in [0.29, 0.717) is 43.1 Å². The normalized spacial score (nSPS) is 14.0. The Hall–Kier alpha value is -3.42. The maximum absolute atomic E-state index is 12.7. The largest absolute Gasteiger partial charge is 0.351 e. The van der Waals surface area contributed by atoms with E-state index in [4.69, 9.17) is 4.52 Å². The van der Waals surface area contributed by atoms with Crippen molar-refractivity contribution in [3.8, 4) is 0 Å². The molecule has 0 saturated carbocycles. The first-order valence-corrected chi connectivity index (χ1v) is 9.47. The number of benzene rings is 1. The molecule has 8 heteroatoms. The van der Waals surface area contributed by atoms with Crippen LogP contribution in [0.1, 0.15) is 46.4 Å². The molecule has 1 N–H and O–H groups in total. The van der Waals surface area contributed by atoms with E-state index in [-0.39, 0.29) is 23.5 Å². The summed E-state index contributed by atoms with van der Waals surface area (Å²) >= 11 is 0. The van der Waals surface area contributed by atoms with Gasteiger partial charge in [-0.25, -0.2) is 0 Å². The average Bonchev–Trinajstić information content (AvgIpc) is 3.24. The molecule has 1 fully saturated rings. The predicted octanol–water partition coefficient (Wildman–Crippen LogP) is 2.52. The van der Waals surface area contributed by atoms with Crippen LogP contribution in [0.15, 0.2) is 47.5 Å². The monoisotopic (exact) mass is 396 g/mol. The van der Waals surface area contributed by atoms with Crippen LogP contribution in [0, 0.1) is 0 Å². The van der Waals surface area contributed by atoms with Gasteiger partial charge in [0.2, 0.25) is 11.7 Å². The molecule has 0 unspecified atom stereocenters. The smallest absolute Gasteiger partial charge is 0.294 e. The zero-order valence-electron chi connectivity index (χ0n) is 16.6. The summed E-state index contributed by atoms with van der Waals surface area (Å²) < 4.78 is 5.08. The first-order valence-electron chi connectivity index (χ1n) is 9.47. The summed E-state index contributed by atoms with van der Waals surface area (Å²) in [5, 5.41) is 6.60. The van der Waals surface area contributed by atoms with Crippen LogP contribution in [0.2, 0.25) is 0 Å². The van der Waals surface area contributed by atoms with Crippen LogP contribution in [0.3, 0.4) is 0 Å². The van der Waals surface area contributed by atoms with Gasteiger partial charge in [0.05, 0.1) is 5.69 Å². The summed E-state index contributed by atoms with van der Waals surface area (Å²) in [7, 11) is 0. The van der Waals surface area contributed by atoms with Crippen molar-refractivity contribution < 1.29 is 18.9 Å². The predicted molar refractivity (Wildman–Crippen MR) is 108 cm³/mol. The van der Waals surface area contributed by atoms with Crippen LogP contribution >= 0.6 is 0 Å². The topological polar surface area (TPSA) is 95.8 Å². The number of hydrogen-bond acceptors (Lipinski definition) is 5. The molecular formula is C21H24N4O4. The van der Waals surface area contributed by atoms with Gasteiger partial charge in [0.1, 0.15) is 0 Å². The summed E-state index contributed by atoms with van der Waals surface area (Å²) in [6.07, 6.45) is 1.28. The highest BCUT2D eigenvalue weighted by atomic mass is 16.5. The Kier molecular flexibility index (Phi) is 6.11. The van der Waals surface area contributed by atoms with Crippen molar-refractivity contribution in [3.63, 3.8) is 0 Å². The summed E-state index contributed by atoms with van der Waals surface area (Å²) in [6, 6.07) is 8.29. The minimum absolute atomic E-state index is 0.106. The van der Waals surface area contributed by atoms with Gasteiger partial charge in [-0.2, -0.15) is 0 Å². The molecule has 0 radical (unpaired) electrons. The minimum Gasteiger partial charge on any atom is -0.351 e. The molecule has 0 aliphatic carbocycles. The number of aromatic nitrogens is 1. The van der Waals surface area contributed by atoms with E-state index in [0.717, 1.165) is 0 Å². The van der Waals surface area contributed by atoms with Crippen LogP contribution in [0.4, 0.5) is 5.69 Å². The lowest BCUT2D eigenvalue weighted by Crippen LogP contribution is -2.50. The van der Waals surface area contributed by atoms with Gasteiger partial charge in [0.25, 0.3) is 11.8 Å². The number of rotatable bonds is 5. The SMILES string of the molecule is C=CC(=O)N1CCN(C(=O)c2ccc(NC(=O)c3cc(C(C)C)no3)cc2)CC1. The van der Waals surface area contributed by atoms with E-state index in [1.165, 1.54) is 6.08 Å². The fraction of sp³-hybridized carbons (Fsp3) is 0.333. The number of carbonyl (C=O) groups excluding carboxylic acids is 3. The third-order valence-corrected chi connectivity index (χ3v) is 4.79. The molecule has 3 rings (SSSR count). The van der Waals surface area contributed by atoms with E-state index in [1.807, 2.05) is 13.8 Å². The van der Waals surface area contributed by atoms with Crippen molar-refractivity contribution in [1.29, 1.82) is 0 Å². The molecule has 0 spiro atoms. The van der Waals surface area contributed by atoms with Crippen molar-refractivity contribution in [1.82, 2.24) is 15.0 Å². The van der Waals surface area contributed by atoms with Gasteiger partial charge in [-0.3, -0.25) is 14.4 Å². The molecule has 1 aliphatic rings. The van der Waals surface area contributed by atoms with Gasteiger partial charge < -0.3 is 19.6 Å². The van der Waals surface area contributed by atoms with E-state index in [1.54, 1.807) is 40.1 Å². The fourth-order valence-electron chi connectivity index (χ4n) is 3.00. The van der Waals surface area contributed by atoms with Crippen LogP contribution in [-0.2, 0) is 4.79 Å². The molecule has 8 nitrogen and oxygen atoms in total. The van der Waals surface area contributed by atoms with Gasteiger partial charge in [0.15, 0.2) is 0 Å². The number of nitrogens with one attached hydrogen (secondary N) is 1. The quantitative estimate of drug-likeness (QED) is 0.784. The third kappa shape index (κ3) is 4.71. The molecule has 1 aromatic heterocycles. The molecule has 29 heavy (non-hydrogen) atoms. The summed E-state index contributed by atoms with van der Waals surface area (Å²) in [5.41, 5.74) is 1.79. The second-order valence-corrected chi connectivity index (χ2v) is 7.12. The molecule has 1 aromatic carbocycles. The summed E-state index contributed by atoms with van der Waals surface area (Å²) in [5.74, 6) is -0.315. The second kappa shape index (κ2) is 8.72. The Morgan fingerprint density at radius 3 is 2.28 bits per heavy atom. The lowest BCUT2D eigenvalue weighted by Gasteiger charge is -2.34. The molecule has 2 heterocycles. The van der Waals surface area contributed by atoms with Crippen molar-refractivity contribution >= 4 is 23.4 Å². The van der Waals surface area contributed by atoms with Crippen LogP contribution in [0.5, 0.6) is 0 Å². The number of hydrogen-bond donors (Lipinski definition) is 1. The Bertz CT molecular complexity index is 909. The van der Waals surface area contributed by atoms with E-state index in [9.17, 15) is 14.4 Å². The van der Waals surface area contributed by atoms with Crippen LogP contribution in [0.25, 0.3) is 0 Å². The summed E-state index contributed by atoms with van der Waals surface area (Å²) in [6.45, 7) is 9.33. The number of anilines is 1. The lowest BCUT2D eigenvalue weighted by atomic mass is 10.1. The molecular weight excluding hydrogens is 372 g/mol. The highest BCUT2D eigenvalue weighted by Gasteiger charge is 2.23. The van der Waals surface area contributed by atoms with E-state index < -0.39 is 5.91 Å². The Labute approximate surface area is 169 Å². The molecule has 1 saturated heterocycles. The standard InChI is InChI=1S/C21H24N4O4/c1-4-19(26)24-9-11-25(12-10-24)21(28)15-5-7-16(8-6-15)22-20(27)18-13-17(14(2)3)23-29-18/h4-8,13-14H,1,9-12H2,2-3H3,(H,22,27). The zero-order valence-corrected chi connectivity index (χ0v) is 16.6. The highest BCUT2D eigenvalue weighted by Crippen LogP contribution is 2.17. The van der Waals surface area contributed by atoms with Crippen molar-refractivity contribution in [2.24, 2.45) is 0 Å². The van der Waals surface area contributed by atoms with Crippen molar-refractivity contribution in [2.75, 3.05) is 31.5 Å². The number of carbonyl (C=O) groups is 3. The number of piperazine rings is 1. The van der Waals surface area contributed by atoms with Gasteiger partial charge >= 0.3 is 0 Å². The fourth-order valence-corrected chi connectivity index (χ4v) is 3.00. The average molecular weight is 396 g/mol. The molecule has 2 aromatic rings. The first kappa shape index (κ1) is 20.3. The second-order valence-electron chi connectivity index (χ2n) is 7.12. The lowest BCUT2D eigenvalue weighted by molar-refractivity contribution is -0.127. The van der Waals surface area contributed by atoms with E-state index in [2.05, 4.69) is 17.1 Å². The molecule has 0 bridgehead atoms. The first-order chi connectivity index (χ1) is 13.9. The summed E-state index contributed by atoms with van der Waals surface area (Å²) in [4.78, 5) is 39.9. The Morgan fingerprint density at radius 2 is 1.72 bits per heavy atom. The van der Waals surface area contributed by atoms with Crippen LogP contribution < -0.4 is 5.32 Å². The van der Waals surface area contributed by atoms with Crippen molar-refractivity contribution in [2.45, 2.75) is 19.8 Å².